The summed E-state index contributed by atoms with van der Waals surface area (Å²) < 4.78 is 0. The molecule has 1 aromatic carbocycles. The Balaban J connectivity index is 0.00000127. The smallest absolute Gasteiger partial charge is 0.0418 e. The summed E-state index contributed by atoms with van der Waals surface area (Å²) in [5.41, 5.74) is 6.59. The van der Waals surface area contributed by atoms with E-state index in [0.29, 0.717) is 0 Å². The van der Waals surface area contributed by atoms with Crippen LogP contribution in [0.2, 0.25) is 0 Å². The van der Waals surface area contributed by atoms with Gasteiger partial charge in [0.1, 0.15) is 0 Å². The van der Waals surface area contributed by atoms with Crippen LogP contribution in [0.4, 0.5) is 5.69 Å². The lowest BCUT2D eigenvalue weighted by molar-refractivity contribution is 1.05. The molecule has 0 fully saturated rings. The van der Waals surface area contributed by atoms with Crippen molar-refractivity contribution in [2.45, 2.75) is 53.9 Å². The first-order valence-corrected chi connectivity index (χ1v) is 8.79. The number of nitrogens with one attached hydrogen (secondary N) is 1. The zero-order valence-corrected chi connectivity index (χ0v) is 15.3. The lowest BCUT2D eigenvalue weighted by atomic mass is 9.95. The summed E-state index contributed by atoms with van der Waals surface area (Å²) in [4.78, 5) is 0. The molecule has 0 spiro atoms. The van der Waals surface area contributed by atoms with Crippen LogP contribution in [0.25, 0.3) is 5.57 Å². The first-order chi connectivity index (χ1) is 11.2. The number of allylic oxidation sites excluding steroid dienone is 7. The molecular weight excluding hydrogens is 278 g/mol. The van der Waals surface area contributed by atoms with Gasteiger partial charge in [-0.05, 0) is 62.0 Å². The van der Waals surface area contributed by atoms with Crippen LogP contribution in [0.1, 0.15) is 58.6 Å². The SMILES string of the molecule is C/C=C(C)\C=C/Nc1cc(C2=CC=CCC2)ccc1CC.CC. The van der Waals surface area contributed by atoms with Gasteiger partial charge in [0.05, 0.1) is 0 Å². The van der Waals surface area contributed by atoms with Gasteiger partial charge in [-0.3, -0.25) is 0 Å². The molecule has 124 valence electrons. The minimum atomic E-state index is 1.04. The van der Waals surface area contributed by atoms with Crippen molar-refractivity contribution >= 4 is 11.3 Å². The van der Waals surface area contributed by atoms with E-state index in [0.717, 1.165) is 19.3 Å². The molecule has 0 aliphatic heterocycles. The number of hydrogen-bond donors (Lipinski definition) is 1. The molecule has 0 saturated heterocycles. The summed E-state index contributed by atoms with van der Waals surface area (Å²) in [5.74, 6) is 0. The maximum Gasteiger partial charge on any atom is 0.0418 e. The van der Waals surface area contributed by atoms with Crippen LogP contribution >= 0.6 is 0 Å². The van der Waals surface area contributed by atoms with Crippen LogP contribution in [0.5, 0.6) is 0 Å². The minimum absolute atomic E-state index is 1.04. The van der Waals surface area contributed by atoms with Gasteiger partial charge >= 0.3 is 0 Å². The van der Waals surface area contributed by atoms with Crippen LogP contribution in [0.15, 0.2) is 60.4 Å². The van der Waals surface area contributed by atoms with E-state index in [4.69, 9.17) is 0 Å². The van der Waals surface area contributed by atoms with Gasteiger partial charge in [-0.1, -0.05) is 62.8 Å². The molecule has 0 atom stereocenters. The van der Waals surface area contributed by atoms with E-state index < -0.39 is 0 Å². The third-order valence-corrected chi connectivity index (χ3v) is 3.92. The molecule has 0 heterocycles. The van der Waals surface area contributed by atoms with E-state index in [9.17, 15) is 0 Å². The van der Waals surface area contributed by atoms with Crippen molar-refractivity contribution in [3.63, 3.8) is 0 Å². The molecule has 0 amide bonds. The minimum Gasteiger partial charge on any atom is -0.361 e. The van der Waals surface area contributed by atoms with Crippen molar-refractivity contribution < 1.29 is 0 Å². The average molecular weight is 309 g/mol. The number of rotatable bonds is 5. The fourth-order valence-electron chi connectivity index (χ4n) is 2.42. The Morgan fingerprint density at radius 3 is 2.65 bits per heavy atom. The molecule has 0 bridgehead atoms. The van der Waals surface area contributed by atoms with Crippen molar-refractivity contribution in [1.82, 2.24) is 0 Å². The molecular formula is C22H31N. The number of aryl methyl sites for hydroxylation is 1. The van der Waals surface area contributed by atoms with E-state index in [1.54, 1.807) is 0 Å². The van der Waals surface area contributed by atoms with Gasteiger partial charge < -0.3 is 5.32 Å². The van der Waals surface area contributed by atoms with Crippen LogP contribution in [0, 0.1) is 0 Å². The third-order valence-electron chi connectivity index (χ3n) is 3.92. The molecule has 1 aliphatic rings. The first-order valence-electron chi connectivity index (χ1n) is 8.79. The molecule has 23 heavy (non-hydrogen) atoms. The van der Waals surface area contributed by atoms with Crippen LogP contribution in [-0.2, 0) is 6.42 Å². The molecule has 1 aromatic rings. The second kappa shape index (κ2) is 10.7. The number of hydrogen-bond acceptors (Lipinski definition) is 1. The Bertz CT molecular complexity index is 600. The van der Waals surface area contributed by atoms with Gasteiger partial charge in [0, 0.05) is 11.9 Å². The van der Waals surface area contributed by atoms with Gasteiger partial charge in [0.2, 0.25) is 0 Å². The monoisotopic (exact) mass is 309 g/mol. The van der Waals surface area contributed by atoms with Crippen molar-refractivity contribution in [2.24, 2.45) is 0 Å². The molecule has 1 aliphatic carbocycles. The molecule has 0 unspecified atom stereocenters. The summed E-state index contributed by atoms with van der Waals surface area (Å²) in [7, 11) is 0. The lowest BCUT2D eigenvalue weighted by Crippen LogP contribution is -1.96. The van der Waals surface area contributed by atoms with Gasteiger partial charge in [-0.15, -0.1) is 0 Å². The van der Waals surface area contributed by atoms with Crippen LogP contribution in [0.3, 0.4) is 0 Å². The van der Waals surface area contributed by atoms with Crippen molar-refractivity contribution in [2.75, 3.05) is 5.32 Å². The fourth-order valence-corrected chi connectivity index (χ4v) is 2.42. The standard InChI is InChI=1S/C20H25N.C2H6/c1-4-16(3)13-14-21-20-15-19(12-11-17(20)5-2)18-9-7-6-8-10-18;1-2/h4,6-7,9,11-15,21H,5,8,10H2,1-3H3;1-2H3/b14-13-,16-4-;. The summed E-state index contributed by atoms with van der Waals surface area (Å²) in [6.45, 7) is 10.4. The summed E-state index contributed by atoms with van der Waals surface area (Å²) in [6.07, 6.45) is 16.2. The fraction of sp³-hybridized carbons (Fsp3) is 0.364. The first kappa shape index (κ1) is 19.0. The number of anilines is 1. The zero-order chi connectivity index (χ0) is 17.1. The van der Waals surface area contributed by atoms with Crippen LogP contribution < -0.4 is 5.32 Å². The molecule has 0 aromatic heterocycles. The summed E-state index contributed by atoms with van der Waals surface area (Å²) in [6, 6.07) is 6.77. The third kappa shape index (κ3) is 5.94. The van der Waals surface area contributed by atoms with Gasteiger partial charge in [0.15, 0.2) is 0 Å². The second-order valence-electron chi connectivity index (χ2n) is 5.39. The van der Waals surface area contributed by atoms with E-state index in [1.807, 2.05) is 20.0 Å². The Hall–Kier alpha value is -2.02. The largest absolute Gasteiger partial charge is 0.361 e. The van der Waals surface area contributed by atoms with Crippen molar-refractivity contribution in [3.8, 4) is 0 Å². The number of benzene rings is 1. The van der Waals surface area contributed by atoms with Gasteiger partial charge in [0.25, 0.3) is 0 Å². The summed E-state index contributed by atoms with van der Waals surface area (Å²) >= 11 is 0. The highest BCUT2D eigenvalue weighted by Gasteiger charge is 2.06. The van der Waals surface area contributed by atoms with Crippen molar-refractivity contribution in [3.05, 3.63) is 71.5 Å². The van der Waals surface area contributed by atoms with Crippen molar-refractivity contribution in [1.29, 1.82) is 0 Å². The molecule has 2 rings (SSSR count). The Labute approximate surface area is 142 Å². The molecule has 0 saturated carbocycles. The quantitative estimate of drug-likeness (QED) is 0.583. The van der Waals surface area contributed by atoms with Gasteiger partial charge in [-0.2, -0.15) is 0 Å². The predicted molar refractivity (Wildman–Crippen MR) is 106 cm³/mol. The second-order valence-corrected chi connectivity index (χ2v) is 5.39. The molecule has 1 heteroatoms. The Morgan fingerprint density at radius 2 is 2.04 bits per heavy atom. The highest BCUT2D eigenvalue weighted by Crippen LogP contribution is 2.28. The summed E-state index contributed by atoms with van der Waals surface area (Å²) in [5, 5.41) is 3.44. The lowest BCUT2D eigenvalue weighted by Gasteiger charge is -2.14. The maximum absolute atomic E-state index is 3.44. The van der Waals surface area contributed by atoms with E-state index in [1.165, 1.54) is 28.0 Å². The highest BCUT2D eigenvalue weighted by molar-refractivity contribution is 5.72. The van der Waals surface area contributed by atoms with E-state index >= 15 is 0 Å². The van der Waals surface area contributed by atoms with E-state index in [-0.39, 0.29) is 0 Å². The molecule has 1 nitrogen and oxygen atoms in total. The Morgan fingerprint density at radius 1 is 1.26 bits per heavy atom. The maximum atomic E-state index is 3.44. The van der Waals surface area contributed by atoms with E-state index in [2.05, 4.69) is 74.7 Å². The Kier molecular flexibility index (Phi) is 8.82. The topological polar surface area (TPSA) is 12.0 Å². The predicted octanol–water partition coefficient (Wildman–Crippen LogP) is 6.90. The molecule has 1 N–H and O–H groups in total. The highest BCUT2D eigenvalue weighted by atomic mass is 14.8. The average Bonchev–Trinajstić information content (AvgIpc) is 2.63. The normalized spacial score (nSPS) is 14.3. The molecule has 0 radical (unpaired) electrons. The zero-order valence-electron chi connectivity index (χ0n) is 15.3. The van der Waals surface area contributed by atoms with Gasteiger partial charge in [-0.25, -0.2) is 0 Å². The van der Waals surface area contributed by atoms with Crippen LogP contribution in [-0.4, -0.2) is 0 Å².